The summed E-state index contributed by atoms with van der Waals surface area (Å²) in [5.41, 5.74) is 9.30. The number of nitrogens with zero attached hydrogens (tertiary/aromatic N) is 3. The van der Waals surface area contributed by atoms with Crippen molar-refractivity contribution in [2.75, 3.05) is 5.73 Å². The molecule has 0 aliphatic heterocycles. The maximum Gasteiger partial charge on any atom is 0.336 e. The number of fused-ring (bicyclic) bond motifs is 2. The Hall–Kier alpha value is -3.41. The van der Waals surface area contributed by atoms with Crippen molar-refractivity contribution in [2.24, 2.45) is 5.92 Å². The van der Waals surface area contributed by atoms with Crippen molar-refractivity contribution in [1.82, 2.24) is 14.5 Å². The van der Waals surface area contributed by atoms with Gasteiger partial charge in [0.2, 0.25) is 0 Å². The Labute approximate surface area is 155 Å². The summed E-state index contributed by atoms with van der Waals surface area (Å²) in [5, 5.41) is 11.9. The standard InChI is InChI=1S/C21H18N4O2/c22-19-18-17(10-25(9-12-4-5-12)20(18)24-11-23-19)14-6-7-15-13(8-14)2-1-3-16(15)21(26)27/h1-3,6-8,10-12H,4-5,9H2,(H,26,27)(H2,22,23,24). The molecule has 3 N–H and O–H groups in total. The zero-order chi connectivity index (χ0) is 18.5. The first-order chi connectivity index (χ1) is 13.1. The Morgan fingerprint density at radius 1 is 1.22 bits per heavy atom. The molecule has 6 heteroatoms. The number of hydrogen-bond acceptors (Lipinski definition) is 4. The highest BCUT2D eigenvalue weighted by molar-refractivity contribution is 6.06. The SMILES string of the molecule is Nc1ncnc2c1c(-c1ccc3c(C(=O)O)cccc3c1)cn2CC1CC1. The molecule has 5 rings (SSSR count). The summed E-state index contributed by atoms with van der Waals surface area (Å²) in [5.74, 6) is 0.246. The first kappa shape index (κ1) is 15.8. The Morgan fingerprint density at radius 2 is 2.07 bits per heavy atom. The number of carboxylic acid groups (broad SMARTS) is 1. The fourth-order valence-electron chi connectivity index (χ4n) is 3.72. The predicted molar refractivity (Wildman–Crippen MR) is 105 cm³/mol. The summed E-state index contributed by atoms with van der Waals surface area (Å²) in [7, 11) is 0. The molecule has 4 aromatic rings. The second-order valence-electron chi connectivity index (χ2n) is 7.14. The summed E-state index contributed by atoms with van der Waals surface area (Å²) < 4.78 is 2.16. The molecule has 27 heavy (non-hydrogen) atoms. The van der Waals surface area contributed by atoms with Gasteiger partial charge in [-0.1, -0.05) is 24.3 Å². The highest BCUT2D eigenvalue weighted by Crippen LogP contribution is 2.37. The molecule has 0 radical (unpaired) electrons. The molecule has 0 spiro atoms. The van der Waals surface area contributed by atoms with Gasteiger partial charge in [0, 0.05) is 18.3 Å². The van der Waals surface area contributed by atoms with Crippen LogP contribution in [0.5, 0.6) is 0 Å². The normalized spacial score (nSPS) is 14.1. The van der Waals surface area contributed by atoms with Gasteiger partial charge in [-0.3, -0.25) is 0 Å². The van der Waals surface area contributed by atoms with Crippen LogP contribution in [-0.2, 0) is 6.54 Å². The average molecular weight is 358 g/mol. The Morgan fingerprint density at radius 3 is 2.85 bits per heavy atom. The van der Waals surface area contributed by atoms with Crippen molar-refractivity contribution in [3.05, 3.63) is 54.5 Å². The van der Waals surface area contributed by atoms with E-state index in [1.54, 1.807) is 12.1 Å². The summed E-state index contributed by atoms with van der Waals surface area (Å²) in [6, 6.07) is 11.1. The van der Waals surface area contributed by atoms with E-state index in [1.807, 2.05) is 24.3 Å². The number of nitrogen functional groups attached to an aromatic ring is 1. The van der Waals surface area contributed by atoms with E-state index in [4.69, 9.17) is 5.73 Å². The molecule has 1 saturated carbocycles. The van der Waals surface area contributed by atoms with E-state index < -0.39 is 5.97 Å². The minimum Gasteiger partial charge on any atom is -0.478 e. The van der Waals surface area contributed by atoms with Crippen LogP contribution in [0, 0.1) is 5.92 Å². The van der Waals surface area contributed by atoms with Gasteiger partial charge in [0.15, 0.2) is 0 Å². The number of anilines is 1. The third kappa shape index (κ3) is 2.61. The fourth-order valence-corrected chi connectivity index (χ4v) is 3.72. The highest BCUT2D eigenvalue weighted by Gasteiger charge is 2.24. The number of carbonyl (C=O) groups is 1. The lowest BCUT2D eigenvalue weighted by atomic mass is 9.98. The van der Waals surface area contributed by atoms with Gasteiger partial charge >= 0.3 is 5.97 Å². The molecule has 0 bridgehead atoms. The van der Waals surface area contributed by atoms with Crippen LogP contribution in [-0.4, -0.2) is 25.6 Å². The molecule has 6 nitrogen and oxygen atoms in total. The highest BCUT2D eigenvalue weighted by atomic mass is 16.4. The maximum absolute atomic E-state index is 11.5. The molecule has 1 fully saturated rings. The molecule has 0 atom stereocenters. The van der Waals surface area contributed by atoms with Crippen LogP contribution in [0.25, 0.3) is 32.9 Å². The van der Waals surface area contributed by atoms with Crippen molar-refractivity contribution in [2.45, 2.75) is 19.4 Å². The van der Waals surface area contributed by atoms with Gasteiger partial charge < -0.3 is 15.4 Å². The number of benzene rings is 2. The smallest absolute Gasteiger partial charge is 0.336 e. The lowest BCUT2D eigenvalue weighted by Crippen LogP contribution is -2.00. The van der Waals surface area contributed by atoms with Crippen molar-refractivity contribution in [3.63, 3.8) is 0 Å². The minimum atomic E-state index is -0.924. The van der Waals surface area contributed by atoms with Gasteiger partial charge in [0.1, 0.15) is 17.8 Å². The summed E-state index contributed by atoms with van der Waals surface area (Å²) in [4.78, 5) is 20.1. The third-order valence-electron chi connectivity index (χ3n) is 5.26. The number of aromatic nitrogens is 3. The van der Waals surface area contributed by atoms with Crippen molar-refractivity contribution >= 4 is 33.6 Å². The average Bonchev–Trinajstić information content (AvgIpc) is 3.41. The number of rotatable bonds is 4. The van der Waals surface area contributed by atoms with Crippen LogP contribution < -0.4 is 5.73 Å². The summed E-state index contributed by atoms with van der Waals surface area (Å²) in [6.45, 7) is 0.934. The fraction of sp³-hybridized carbons (Fsp3) is 0.190. The zero-order valence-corrected chi connectivity index (χ0v) is 14.6. The second kappa shape index (κ2) is 5.81. The van der Waals surface area contributed by atoms with Gasteiger partial charge in [-0.05, 0) is 47.2 Å². The monoisotopic (exact) mass is 358 g/mol. The first-order valence-electron chi connectivity index (χ1n) is 8.97. The molecule has 2 aromatic heterocycles. The lowest BCUT2D eigenvalue weighted by molar-refractivity contribution is 0.0699. The Kier molecular flexibility index (Phi) is 3.40. The third-order valence-corrected chi connectivity index (χ3v) is 5.26. The molecule has 134 valence electrons. The first-order valence-corrected chi connectivity index (χ1v) is 8.97. The molecular weight excluding hydrogens is 340 g/mol. The van der Waals surface area contributed by atoms with Gasteiger partial charge in [0.25, 0.3) is 0 Å². The molecule has 1 aliphatic rings. The number of nitrogens with two attached hydrogens (primary N) is 1. The van der Waals surface area contributed by atoms with Crippen molar-refractivity contribution in [1.29, 1.82) is 0 Å². The molecule has 0 saturated heterocycles. The van der Waals surface area contributed by atoms with E-state index >= 15 is 0 Å². The zero-order valence-electron chi connectivity index (χ0n) is 14.6. The number of hydrogen-bond donors (Lipinski definition) is 2. The predicted octanol–water partition coefficient (Wildman–Crippen LogP) is 3.94. The Balaban J connectivity index is 1.72. The van der Waals surface area contributed by atoms with Gasteiger partial charge in [-0.2, -0.15) is 0 Å². The van der Waals surface area contributed by atoms with Gasteiger partial charge in [-0.25, -0.2) is 14.8 Å². The van der Waals surface area contributed by atoms with Gasteiger partial charge in [0.05, 0.1) is 10.9 Å². The summed E-state index contributed by atoms with van der Waals surface area (Å²) in [6.07, 6.45) is 6.10. The van der Waals surface area contributed by atoms with Crippen LogP contribution in [0.3, 0.4) is 0 Å². The molecule has 0 amide bonds. The van der Waals surface area contributed by atoms with Crippen LogP contribution in [0.4, 0.5) is 5.82 Å². The van der Waals surface area contributed by atoms with E-state index in [0.29, 0.717) is 17.3 Å². The minimum absolute atomic E-state index is 0.304. The van der Waals surface area contributed by atoms with Crippen LogP contribution in [0.1, 0.15) is 23.2 Å². The van der Waals surface area contributed by atoms with Crippen molar-refractivity contribution < 1.29 is 9.90 Å². The molecule has 2 heterocycles. The largest absolute Gasteiger partial charge is 0.478 e. The molecule has 0 unspecified atom stereocenters. The number of carboxylic acids is 1. The molecular formula is C21H18N4O2. The van der Waals surface area contributed by atoms with Gasteiger partial charge in [-0.15, -0.1) is 0 Å². The van der Waals surface area contributed by atoms with E-state index in [0.717, 1.165) is 39.5 Å². The molecule has 2 aromatic carbocycles. The van der Waals surface area contributed by atoms with E-state index in [2.05, 4.69) is 20.7 Å². The summed E-state index contributed by atoms with van der Waals surface area (Å²) >= 11 is 0. The maximum atomic E-state index is 11.5. The van der Waals surface area contributed by atoms with E-state index in [-0.39, 0.29) is 0 Å². The van der Waals surface area contributed by atoms with Crippen molar-refractivity contribution in [3.8, 4) is 11.1 Å². The topological polar surface area (TPSA) is 94.0 Å². The van der Waals surface area contributed by atoms with E-state index in [9.17, 15) is 9.90 Å². The van der Waals surface area contributed by atoms with Crippen LogP contribution in [0.2, 0.25) is 0 Å². The van der Waals surface area contributed by atoms with Crippen LogP contribution >= 0.6 is 0 Å². The second-order valence-corrected chi connectivity index (χ2v) is 7.14. The molecule has 1 aliphatic carbocycles. The van der Waals surface area contributed by atoms with E-state index in [1.165, 1.54) is 19.2 Å². The number of aromatic carboxylic acids is 1. The lowest BCUT2D eigenvalue weighted by Gasteiger charge is -2.06. The van der Waals surface area contributed by atoms with Crippen LogP contribution in [0.15, 0.2) is 48.9 Å². The Bertz CT molecular complexity index is 1210. The quantitative estimate of drug-likeness (QED) is 0.576.